The Kier molecular flexibility index (Phi) is 6.54. The van der Waals surface area contributed by atoms with Gasteiger partial charge in [0.2, 0.25) is 0 Å². The van der Waals surface area contributed by atoms with E-state index in [4.69, 9.17) is 5.73 Å². The molecule has 1 aliphatic rings. The van der Waals surface area contributed by atoms with Crippen LogP contribution in [0.25, 0.3) is 11.1 Å². The molecule has 0 spiro atoms. The fraction of sp³-hybridized carbons (Fsp3) is 0.350. The maximum absolute atomic E-state index is 13.0. The van der Waals surface area contributed by atoms with E-state index < -0.39 is 11.7 Å². The molecular formula is C20H22ClF3N2O. The number of halogens is 4. The average molecular weight is 399 g/mol. The van der Waals surface area contributed by atoms with Gasteiger partial charge in [0.1, 0.15) is 0 Å². The Hall–Kier alpha value is -2.05. The van der Waals surface area contributed by atoms with E-state index in [9.17, 15) is 18.0 Å². The summed E-state index contributed by atoms with van der Waals surface area (Å²) in [7, 11) is 0. The zero-order valence-electron chi connectivity index (χ0n) is 14.9. The van der Waals surface area contributed by atoms with E-state index in [1.807, 2.05) is 6.92 Å². The fourth-order valence-corrected chi connectivity index (χ4v) is 3.51. The Bertz CT molecular complexity index is 793. The first kappa shape index (κ1) is 21.3. The van der Waals surface area contributed by atoms with Gasteiger partial charge in [-0.25, -0.2) is 0 Å². The predicted octanol–water partition coefficient (Wildman–Crippen LogP) is 4.60. The summed E-state index contributed by atoms with van der Waals surface area (Å²) >= 11 is 0. The number of rotatable bonds is 3. The van der Waals surface area contributed by atoms with Crippen molar-refractivity contribution >= 4 is 18.3 Å². The van der Waals surface area contributed by atoms with Gasteiger partial charge < -0.3 is 10.6 Å². The molecule has 2 N–H and O–H groups in total. The minimum Gasteiger partial charge on any atom is -0.336 e. The molecule has 2 unspecified atom stereocenters. The highest BCUT2D eigenvalue weighted by Crippen LogP contribution is 2.33. The third-order valence-electron chi connectivity index (χ3n) is 4.94. The summed E-state index contributed by atoms with van der Waals surface area (Å²) in [5.74, 6) is 0.177. The topological polar surface area (TPSA) is 46.3 Å². The monoisotopic (exact) mass is 398 g/mol. The van der Waals surface area contributed by atoms with Crippen molar-refractivity contribution in [2.45, 2.75) is 25.6 Å². The van der Waals surface area contributed by atoms with Gasteiger partial charge in [-0.3, -0.25) is 4.79 Å². The highest BCUT2D eigenvalue weighted by Gasteiger charge is 2.33. The molecular weight excluding hydrogens is 377 g/mol. The van der Waals surface area contributed by atoms with Crippen LogP contribution in [0, 0.1) is 5.92 Å². The lowest BCUT2D eigenvalue weighted by molar-refractivity contribution is -0.137. The number of hydrogen-bond donors (Lipinski definition) is 1. The van der Waals surface area contributed by atoms with Gasteiger partial charge in [0.25, 0.3) is 5.91 Å². The zero-order chi connectivity index (χ0) is 18.9. The van der Waals surface area contributed by atoms with Crippen LogP contribution in [0.15, 0.2) is 48.5 Å². The van der Waals surface area contributed by atoms with Crippen LogP contribution in [0.2, 0.25) is 0 Å². The van der Waals surface area contributed by atoms with Crippen molar-refractivity contribution in [3.63, 3.8) is 0 Å². The Morgan fingerprint density at radius 1 is 1.15 bits per heavy atom. The van der Waals surface area contributed by atoms with Gasteiger partial charge in [-0.1, -0.05) is 30.3 Å². The van der Waals surface area contributed by atoms with E-state index in [0.717, 1.165) is 18.6 Å². The lowest BCUT2D eigenvalue weighted by Gasteiger charge is -2.23. The van der Waals surface area contributed by atoms with Crippen molar-refractivity contribution < 1.29 is 18.0 Å². The van der Waals surface area contributed by atoms with Crippen LogP contribution >= 0.6 is 12.4 Å². The number of likely N-dealkylation sites (tertiary alicyclic amines) is 1. The van der Waals surface area contributed by atoms with Crippen LogP contribution in [-0.4, -0.2) is 29.9 Å². The normalized spacial score (nSPS) is 19.7. The van der Waals surface area contributed by atoms with Crippen molar-refractivity contribution in [1.29, 1.82) is 0 Å². The number of carbonyl (C=O) groups excluding carboxylic acids is 1. The molecule has 1 amide bonds. The molecule has 1 heterocycles. The number of nitrogens with zero attached hydrogens (tertiary/aromatic N) is 1. The third kappa shape index (κ3) is 4.45. The lowest BCUT2D eigenvalue weighted by atomic mass is 9.97. The van der Waals surface area contributed by atoms with Crippen molar-refractivity contribution in [3.05, 3.63) is 59.7 Å². The molecule has 0 aromatic heterocycles. The number of nitrogens with two attached hydrogens (primary N) is 1. The van der Waals surface area contributed by atoms with E-state index in [2.05, 4.69) is 0 Å². The van der Waals surface area contributed by atoms with Gasteiger partial charge >= 0.3 is 6.18 Å². The molecule has 0 radical (unpaired) electrons. The highest BCUT2D eigenvalue weighted by molar-refractivity contribution is 6.01. The van der Waals surface area contributed by atoms with Gasteiger partial charge in [0.05, 0.1) is 5.56 Å². The van der Waals surface area contributed by atoms with E-state index in [0.29, 0.717) is 29.8 Å². The molecule has 1 aliphatic heterocycles. The Morgan fingerprint density at radius 2 is 1.78 bits per heavy atom. The van der Waals surface area contributed by atoms with E-state index in [1.165, 1.54) is 12.1 Å². The Morgan fingerprint density at radius 3 is 2.33 bits per heavy atom. The van der Waals surface area contributed by atoms with Gasteiger partial charge in [-0.15, -0.1) is 12.4 Å². The van der Waals surface area contributed by atoms with Crippen molar-refractivity contribution in [2.75, 3.05) is 13.1 Å². The van der Waals surface area contributed by atoms with E-state index >= 15 is 0 Å². The van der Waals surface area contributed by atoms with Gasteiger partial charge in [0, 0.05) is 18.2 Å². The molecule has 3 rings (SSSR count). The standard InChI is InChI=1S/C20H21F3N2O.ClH/c1-13-10-14(11-24)12-25(13)19(26)18-5-3-2-4-17(18)15-6-8-16(9-7-15)20(21,22)23;/h2-9,13-14H,10-12,24H2,1H3;1H. The average Bonchev–Trinajstić information content (AvgIpc) is 3.01. The fourth-order valence-electron chi connectivity index (χ4n) is 3.51. The number of benzene rings is 2. The van der Waals surface area contributed by atoms with Gasteiger partial charge in [-0.2, -0.15) is 13.2 Å². The smallest absolute Gasteiger partial charge is 0.336 e. The number of amides is 1. The third-order valence-corrected chi connectivity index (χ3v) is 4.94. The quantitative estimate of drug-likeness (QED) is 0.821. The molecule has 2 aromatic carbocycles. The first-order valence-corrected chi connectivity index (χ1v) is 8.59. The molecule has 0 bridgehead atoms. The van der Waals surface area contributed by atoms with Crippen LogP contribution in [-0.2, 0) is 6.18 Å². The molecule has 0 saturated carbocycles. The molecule has 2 atom stereocenters. The maximum atomic E-state index is 13.0. The minimum absolute atomic E-state index is 0. The molecule has 3 nitrogen and oxygen atoms in total. The lowest BCUT2D eigenvalue weighted by Crippen LogP contribution is -2.34. The molecule has 7 heteroatoms. The Labute approximate surface area is 162 Å². The summed E-state index contributed by atoms with van der Waals surface area (Å²) in [5.41, 5.74) is 6.75. The molecule has 1 fully saturated rings. The second-order valence-corrected chi connectivity index (χ2v) is 6.76. The summed E-state index contributed by atoms with van der Waals surface area (Å²) in [4.78, 5) is 14.9. The van der Waals surface area contributed by atoms with Crippen LogP contribution in [0.4, 0.5) is 13.2 Å². The van der Waals surface area contributed by atoms with Crippen molar-refractivity contribution in [2.24, 2.45) is 11.7 Å². The van der Waals surface area contributed by atoms with Crippen LogP contribution in [0.1, 0.15) is 29.3 Å². The summed E-state index contributed by atoms with van der Waals surface area (Å²) in [6.07, 6.45) is -3.51. The highest BCUT2D eigenvalue weighted by atomic mass is 35.5. The number of carbonyl (C=O) groups is 1. The van der Waals surface area contributed by atoms with E-state index in [1.54, 1.807) is 29.2 Å². The SMILES string of the molecule is CC1CC(CN)CN1C(=O)c1ccccc1-c1ccc(C(F)(F)F)cc1.Cl. The van der Waals surface area contributed by atoms with Gasteiger partial charge in [-0.05, 0) is 55.1 Å². The first-order chi connectivity index (χ1) is 12.3. The Balaban J connectivity index is 0.00000261. The molecule has 27 heavy (non-hydrogen) atoms. The summed E-state index contributed by atoms with van der Waals surface area (Å²) in [6, 6.07) is 12.0. The second kappa shape index (κ2) is 8.31. The number of alkyl halides is 3. The molecule has 2 aromatic rings. The summed E-state index contributed by atoms with van der Waals surface area (Å²) < 4.78 is 38.3. The largest absolute Gasteiger partial charge is 0.416 e. The maximum Gasteiger partial charge on any atom is 0.416 e. The zero-order valence-corrected chi connectivity index (χ0v) is 15.7. The van der Waals surface area contributed by atoms with Crippen LogP contribution in [0.5, 0.6) is 0 Å². The minimum atomic E-state index is -4.38. The van der Waals surface area contributed by atoms with Gasteiger partial charge in [0.15, 0.2) is 0 Å². The molecule has 146 valence electrons. The molecule has 1 saturated heterocycles. The van der Waals surface area contributed by atoms with Crippen molar-refractivity contribution in [3.8, 4) is 11.1 Å². The van der Waals surface area contributed by atoms with Crippen LogP contribution in [0.3, 0.4) is 0 Å². The first-order valence-electron chi connectivity index (χ1n) is 8.59. The van der Waals surface area contributed by atoms with Crippen molar-refractivity contribution in [1.82, 2.24) is 4.90 Å². The van der Waals surface area contributed by atoms with Crippen LogP contribution < -0.4 is 5.73 Å². The number of hydrogen-bond acceptors (Lipinski definition) is 2. The van der Waals surface area contributed by atoms with E-state index in [-0.39, 0.29) is 30.3 Å². The molecule has 0 aliphatic carbocycles. The summed E-state index contributed by atoms with van der Waals surface area (Å²) in [5, 5.41) is 0. The second-order valence-electron chi connectivity index (χ2n) is 6.76. The predicted molar refractivity (Wildman–Crippen MR) is 102 cm³/mol. The summed E-state index contributed by atoms with van der Waals surface area (Å²) in [6.45, 7) is 3.14.